The van der Waals surface area contributed by atoms with E-state index in [2.05, 4.69) is 22.2 Å². The average molecular weight is 415 g/mol. The number of guanidine groups is 1. The molecule has 0 saturated carbocycles. The number of halogens is 3. The fourth-order valence-electron chi connectivity index (χ4n) is 2.78. The van der Waals surface area contributed by atoms with Crippen molar-refractivity contribution in [2.24, 2.45) is 4.99 Å². The minimum atomic E-state index is -4.41. The predicted octanol–water partition coefficient (Wildman–Crippen LogP) is 2.53. The van der Waals surface area contributed by atoms with E-state index in [1.54, 1.807) is 13.8 Å². The Morgan fingerprint density at radius 2 is 2.07 bits per heavy atom. The number of aliphatic imine (C=N–C) groups is 1. The molecule has 28 heavy (non-hydrogen) atoms. The Balaban J connectivity index is 2.12. The number of alkyl halides is 3. The lowest BCUT2D eigenvalue weighted by Gasteiger charge is -2.39. The molecular formula is C19H24F3N3O2S. The van der Waals surface area contributed by atoms with Crippen molar-refractivity contribution in [2.75, 3.05) is 31.9 Å². The lowest BCUT2D eigenvalue weighted by molar-refractivity contribution is -0.137. The Morgan fingerprint density at radius 3 is 2.68 bits per heavy atom. The highest BCUT2D eigenvalue weighted by molar-refractivity contribution is 7.92. The minimum Gasteiger partial charge on any atom is -0.356 e. The highest BCUT2D eigenvalue weighted by Gasteiger charge is 2.40. The maximum absolute atomic E-state index is 12.7. The van der Waals surface area contributed by atoms with E-state index in [0.29, 0.717) is 25.6 Å². The Bertz CT molecular complexity index is 897. The van der Waals surface area contributed by atoms with Crippen LogP contribution in [0, 0.1) is 11.8 Å². The second-order valence-corrected chi connectivity index (χ2v) is 9.79. The van der Waals surface area contributed by atoms with Crippen molar-refractivity contribution in [3.63, 3.8) is 0 Å². The van der Waals surface area contributed by atoms with Crippen LogP contribution in [0.15, 0.2) is 29.3 Å². The summed E-state index contributed by atoms with van der Waals surface area (Å²) in [4.78, 5) is 6.25. The van der Waals surface area contributed by atoms with Crippen LogP contribution in [0.25, 0.3) is 0 Å². The molecule has 0 aromatic heterocycles. The second kappa shape index (κ2) is 8.43. The van der Waals surface area contributed by atoms with Crippen molar-refractivity contribution in [1.29, 1.82) is 0 Å². The molecule has 0 unspecified atom stereocenters. The zero-order valence-electron chi connectivity index (χ0n) is 16.1. The normalized spacial score (nSPS) is 18.9. The summed E-state index contributed by atoms with van der Waals surface area (Å²) in [6.45, 7) is 6.60. The number of rotatable bonds is 2. The quantitative estimate of drug-likeness (QED) is 0.458. The van der Waals surface area contributed by atoms with Gasteiger partial charge in [-0.25, -0.2) is 13.4 Å². The first-order chi connectivity index (χ1) is 13.0. The second-order valence-electron chi connectivity index (χ2n) is 7.05. The van der Waals surface area contributed by atoms with Gasteiger partial charge in [-0.2, -0.15) is 13.2 Å². The van der Waals surface area contributed by atoms with Gasteiger partial charge in [-0.3, -0.25) is 0 Å². The molecule has 154 valence electrons. The molecule has 0 atom stereocenters. The molecule has 9 heteroatoms. The summed E-state index contributed by atoms with van der Waals surface area (Å²) in [5.74, 6) is 6.03. The van der Waals surface area contributed by atoms with E-state index >= 15 is 0 Å². The van der Waals surface area contributed by atoms with E-state index in [-0.39, 0.29) is 17.9 Å². The number of sulfone groups is 1. The largest absolute Gasteiger partial charge is 0.416 e. The third-order valence-corrected chi connectivity index (χ3v) is 6.94. The molecule has 1 saturated heterocycles. The van der Waals surface area contributed by atoms with Crippen LogP contribution >= 0.6 is 0 Å². The van der Waals surface area contributed by atoms with Gasteiger partial charge in [0.15, 0.2) is 15.8 Å². The van der Waals surface area contributed by atoms with Gasteiger partial charge in [-0.1, -0.05) is 17.9 Å². The van der Waals surface area contributed by atoms with Crippen LogP contribution < -0.4 is 5.32 Å². The molecule has 0 radical (unpaired) electrons. The van der Waals surface area contributed by atoms with Crippen molar-refractivity contribution in [3.05, 3.63) is 35.4 Å². The molecule has 1 aromatic rings. The van der Waals surface area contributed by atoms with Gasteiger partial charge in [0, 0.05) is 25.2 Å². The molecule has 2 rings (SSSR count). The van der Waals surface area contributed by atoms with E-state index in [0.717, 1.165) is 12.1 Å². The molecule has 0 amide bonds. The fourth-order valence-corrected chi connectivity index (χ4v) is 4.15. The van der Waals surface area contributed by atoms with E-state index in [9.17, 15) is 21.6 Å². The number of nitrogens with zero attached hydrogens (tertiary/aromatic N) is 2. The lowest BCUT2D eigenvalue weighted by atomic mass is 10.1. The summed E-state index contributed by atoms with van der Waals surface area (Å²) in [6, 6.07) is 4.82. The van der Waals surface area contributed by atoms with Gasteiger partial charge in [0.05, 0.1) is 16.1 Å². The third-order valence-electron chi connectivity index (χ3n) is 4.41. The first kappa shape index (κ1) is 22.1. The van der Waals surface area contributed by atoms with Gasteiger partial charge < -0.3 is 10.2 Å². The maximum atomic E-state index is 12.7. The van der Waals surface area contributed by atoms with Crippen molar-refractivity contribution >= 4 is 15.8 Å². The topological polar surface area (TPSA) is 61.8 Å². The van der Waals surface area contributed by atoms with Gasteiger partial charge >= 0.3 is 6.18 Å². The maximum Gasteiger partial charge on any atom is 0.416 e. The van der Waals surface area contributed by atoms with Gasteiger partial charge in [0.25, 0.3) is 0 Å². The third kappa shape index (κ3) is 5.41. The van der Waals surface area contributed by atoms with Crippen LogP contribution in [-0.4, -0.2) is 56.0 Å². The van der Waals surface area contributed by atoms with E-state index in [4.69, 9.17) is 0 Å². The van der Waals surface area contributed by atoms with E-state index < -0.39 is 26.3 Å². The molecular weight excluding hydrogens is 391 g/mol. The summed E-state index contributed by atoms with van der Waals surface area (Å²) in [7, 11) is -3.16. The standard InChI is InChI=1S/C19H24F3N3O2S/c1-4-23-17(25-11-12-28(26,27)18(2,3)14-25)24-10-6-8-15-7-5-9-16(13-15)19(20,21)22/h5,7,9,13H,4,10-12,14H2,1-3H3,(H,23,24). The summed E-state index contributed by atoms with van der Waals surface area (Å²) in [6.07, 6.45) is -4.41. The molecule has 1 heterocycles. The van der Waals surface area contributed by atoms with Crippen LogP contribution in [0.4, 0.5) is 13.2 Å². The Kier molecular flexibility index (Phi) is 6.65. The first-order valence-corrected chi connectivity index (χ1v) is 10.5. The highest BCUT2D eigenvalue weighted by atomic mass is 32.2. The molecule has 1 aromatic carbocycles. The van der Waals surface area contributed by atoms with Crippen LogP contribution in [0.3, 0.4) is 0 Å². The van der Waals surface area contributed by atoms with Crippen LogP contribution in [0.2, 0.25) is 0 Å². The predicted molar refractivity (Wildman–Crippen MR) is 104 cm³/mol. The van der Waals surface area contributed by atoms with E-state index in [1.807, 2.05) is 11.8 Å². The zero-order chi connectivity index (χ0) is 21.0. The van der Waals surface area contributed by atoms with Crippen molar-refractivity contribution < 1.29 is 21.6 Å². The molecule has 1 aliphatic heterocycles. The van der Waals surface area contributed by atoms with Crippen molar-refractivity contribution in [1.82, 2.24) is 10.2 Å². The average Bonchev–Trinajstić information content (AvgIpc) is 2.60. The smallest absolute Gasteiger partial charge is 0.356 e. The van der Waals surface area contributed by atoms with Gasteiger partial charge in [-0.05, 0) is 39.0 Å². The number of hydrogen-bond donors (Lipinski definition) is 1. The molecule has 5 nitrogen and oxygen atoms in total. The molecule has 1 aliphatic rings. The molecule has 1 fully saturated rings. The molecule has 0 spiro atoms. The zero-order valence-corrected chi connectivity index (χ0v) is 16.9. The minimum absolute atomic E-state index is 0.0420. The van der Waals surface area contributed by atoms with Crippen molar-refractivity contribution in [2.45, 2.75) is 31.7 Å². The van der Waals surface area contributed by atoms with Crippen molar-refractivity contribution in [3.8, 4) is 11.8 Å². The Labute approximate surface area is 163 Å². The first-order valence-electron chi connectivity index (χ1n) is 8.88. The lowest BCUT2D eigenvalue weighted by Crippen LogP contribution is -2.57. The summed E-state index contributed by atoms with van der Waals surface area (Å²) >= 11 is 0. The van der Waals surface area contributed by atoms with Gasteiger partial charge in [-0.15, -0.1) is 0 Å². The number of hydrogen-bond acceptors (Lipinski definition) is 3. The Morgan fingerprint density at radius 1 is 1.36 bits per heavy atom. The molecule has 0 aliphatic carbocycles. The van der Waals surface area contributed by atoms with Crippen LogP contribution in [0.5, 0.6) is 0 Å². The summed E-state index contributed by atoms with van der Waals surface area (Å²) < 4.78 is 61.7. The summed E-state index contributed by atoms with van der Waals surface area (Å²) in [5.41, 5.74) is -0.479. The SMILES string of the molecule is CCNC(=NCC#Cc1cccc(C(F)(F)F)c1)N1CCS(=O)(=O)C(C)(C)C1. The highest BCUT2D eigenvalue weighted by Crippen LogP contribution is 2.29. The number of benzene rings is 1. The fraction of sp³-hybridized carbons (Fsp3) is 0.526. The summed E-state index contributed by atoms with van der Waals surface area (Å²) in [5, 5.41) is 3.11. The monoisotopic (exact) mass is 415 g/mol. The van der Waals surface area contributed by atoms with Crippen LogP contribution in [-0.2, 0) is 16.0 Å². The van der Waals surface area contributed by atoms with E-state index in [1.165, 1.54) is 12.1 Å². The van der Waals surface area contributed by atoms with Gasteiger partial charge in [0.2, 0.25) is 0 Å². The van der Waals surface area contributed by atoms with Crippen LogP contribution in [0.1, 0.15) is 31.9 Å². The van der Waals surface area contributed by atoms with Gasteiger partial charge in [0.1, 0.15) is 6.54 Å². The molecule has 0 bridgehead atoms. The number of nitrogens with one attached hydrogen (secondary N) is 1. The molecule has 1 N–H and O–H groups in total. The Hall–Kier alpha value is -2.21.